The number of alkyl carbamates (subject to hydrolysis) is 1. The summed E-state index contributed by atoms with van der Waals surface area (Å²) in [7, 11) is 1.83. The zero-order valence-corrected chi connectivity index (χ0v) is 21.3. The van der Waals surface area contributed by atoms with Crippen LogP contribution in [0.1, 0.15) is 59.8 Å². The maximum Gasteiger partial charge on any atom is 0.407 e. The number of carbonyl (C=O) groups is 1. The predicted molar refractivity (Wildman–Crippen MR) is 130 cm³/mol. The number of amides is 1. The molecule has 0 spiro atoms. The van der Waals surface area contributed by atoms with Crippen LogP contribution in [-0.2, 0) is 4.74 Å². The summed E-state index contributed by atoms with van der Waals surface area (Å²) in [5.41, 5.74) is -0.466. The van der Waals surface area contributed by atoms with Gasteiger partial charge in [0.05, 0.1) is 6.04 Å². The van der Waals surface area contributed by atoms with Gasteiger partial charge in [-0.25, -0.2) is 4.79 Å². The molecule has 170 valence electrons. The van der Waals surface area contributed by atoms with E-state index in [0.29, 0.717) is 0 Å². The van der Waals surface area contributed by atoms with Crippen molar-refractivity contribution >= 4 is 36.0 Å². The number of nitrogens with zero attached hydrogens (tertiary/aromatic N) is 3. The van der Waals surface area contributed by atoms with Gasteiger partial charge >= 0.3 is 6.09 Å². The summed E-state index contributed by atoms with van der Waals surface area (Å²) in [6.07, 6.45) is 5.67. The number of likely N-dealkylation sites (tertiary alicyclic amines) is 2. The molecule has 2 unspecified atom stereocenters. The Balaban J connectivity index is 0.00000420. The van der Waals surface area contributed by atoms with Crippen molar-refractivity contribution in [2.24, 2.45) is 10.9 Å². The molecule has 7 nitrogen and oxygen atoms in total. The van der Waals surface area contributed by atoms with Crippen molar-refractivity contribution in [1.82, 2.24) is 20.4 Å². The molecule has 0 aromatic heterocycles. The number of aliphatic imine (C=N–C) groups is 1. The van der Waals surface area contributed by atoms with E-state index in [1.807, 2.05) is 27.8 Å². The second kappa shape index (κ2) is 12.8. The Hall–Kier alpha value is -0.770. The molecule has 2 fully saturated rings. The second-order valence-electron chi connectivity index (χ2n) is 9.31. The molecule has 2 aliphatic heterocycles. The van der Waals surface area contributed by atoms with E-state index in [0.717, 1.165) is 44.4 Å². The lowest BCUT2D eigenvalue weighted by Crippen LogP contribution is -2.44. The molecule has 0 radical (unpaired) electrons. The lowest BCUT2D eigenvalue weighted by Gasteiger charge is -2.30. The van der Waals surface area contributed by atoms with Gasteiger partial charge < -0.3 is 25.2 Å². The van der Waals surface area contributed by atoms with E-state index in [-0.39, 0.29) is 36.1 Å². The molecule has 0 aliphatic carbocycles. The van der Waals surface area contributed by atoms with Crippen molar-refractivity contribution in [2.75, 3.05) is 46.3 Å². The zero-order chi connectivity index (χ0) is 20.6. The van der Waals surface area contributed by atoms with E-state index in [2.05, 4.69) is 32.3 Å². The van der Waals surface area contributed by atoms with Crippen LogP contribution in [0.3, 0.4) is 0 Å². The zero-order valence-electron chi connectivity index (χ0n) is 19.0. The maximum atomic E-state index is 12.0. The third-order valence-electron chi connectivity index (χ3n) is 5.35. The van der Waals surface area contributed by atoms with Gasteiger partial charge in [0.1, 0.15) is 5.60 Å². The molecule has 2 saturated heterocycles. The van der Waals surface area contributed by atoms with Crippen LogP contribution in [-0.4, -0.2) is 79.8 Å². The predicted octanol–water partition coefficient (Wildman–Crippen LogP) is 3.29. The van der Waals surface area contributed by atoms with Gasteiger partial charge in [0.2, 0.25) is 0 Å². The molecule has 0 bridgehead atoms. The third-order valence-corrected chi connectivity index (χ3v) is 5.35. The summed E-state index contributed by atoms with van der Waals surface area (Å²) in [4.78, 5) is 21.2. The summed E-state index contributed by atoms with van der Waals surface area (Å²) in [5, 5.41) is 6.45. The molecule has 0 aromatic carbocycles. The summed E-state index contributed by atoms with van der Waals surface area (Å²) < 4.78 is 5.35. The molecular formula is C21H42IN5O2. The molecular weight excluding hydrogens is 481 g/mol. The number of halogens is 1. The first kappa shape index (κ1) is 26.3. The normalized spacial score (nSPS) is 23.5. The summed E-state index contributed by atoms with van der Waals surface area (Å²) in [6.45, 7) is 14.3. The molecule has 0 aromatic rings. The molecule has 8 heteroatoms. The highest BCUT2D eigenvalue weighted by molar-refractivity contribution is 14.0. The topological polar surface area (TPSA) is 69.2 Å². The quantitative estimate of drug-likeness (QED) is 0.242. The van der Waals surface area contributed by atoms with Gasteiger partial charge in [-0.05, 0) is 71.9 Å². The maximum absolute atomic E-state index is 12.0. The van der Waals surface area contributed by atoms with Crippen LogP contribution in [0.25, 0.3) is 0 Å². The highest BCUT2D eigenvalue weighted by Gasteiger charge is 2.27. The monoisotopic (exact) mass is 523 g/mol. The van der Waals surface area contributed by atoms with E-state index in [1.165, 1.54) is 38.9 Å². The number of nitrogens with one attached hydrogen (secondary N) is 2. The smallest absolute Gasteiger partial charge is 0.407 e. The SMILES string of the molecule is CN=C(NCCCCN1CCCC(C)C1)N1CCC(NC(=O)OC(C)(C)C)C1.I. The van der Waals surface area contributed by atoms with E-state index >= 15 is 0 Å². The van der Waals surface area contributed by atoms with Gasteiger partial charge in [-0.2, -0.15) is 0 Å². The van der Waals surface area contributed by atoms with Crippen molar-refractivity contribution in [3.63, 3.8) is 0 Å². The van der Waals surface area contributed by atoms with E-state index in [4.69, 9.17) is 4.74 Å². The average molecular weight is 524 g/mol. The Morgan fingerprint density at radius 2 is 1.93 bits per heavy atom. The third kappa shape index (κ3) is 10.2. The van der Waals surface area contributed by atoms with E-state index in [1.54, 1.807) is 0 Å². The first-order valence-electron chi connectivity index (χ1n) is 10.9. The lowest BCUT2D eigenvalue weighted by molar-refractivity contribution is 0.0507. The van der Waals surface area contributed by atoms with Crippen LogP contribution in [0.4, 0.5) is 4.79 Å². The Morgan fingerprint density at radius 3 is 2.59 bits per heavy atom. The van der Waals surface area contributed by atoms with Crippen LogP contribution >= 0.6 is 24.0 Å². The van der Waals surface area contributed by atoms with E-state index < -0.39 is 5.60 Å². The van der Waals surface area contributed by atoms with E-state index in [9.17, 15) is 4.79 Å². The minimum Gasteiger partial charge on any atom is -0.444 e. The fourth-order valence-electron chi connectivity index (χ4n) is 4.03. The molecule has 2 atom stereocenters. The Morgan fingerprint density at radius 1 is 1.17 bits per heavy atom. The van der Waals surface area contributed by atoms with Crippen molar-refractivity contribution in [3.8, 4) is 0 Å². The van der Waals surface area contributed by atoms with Gasteiger partial charge in [0.25, 0.3) is 0 Å². The fraction of sp³-hybridized carbons (Fsp3) is 0.905. The first-order chi connectivity index (χ1) is 13.3. The number of unbranched alkanes of at least 4 members (excludes halogenated alkanes) is 1. The van der Waals surface area contributed by atoms with Crippen molar-refractivity contribution in [3.05, 3.63) is 0 Å². The number of ether oxygens (including phenoxy) is 1. The highest BCUT2D eigenvalue weighted by Crippen LogP contribution is 2.16. The fourth-order valence-corrected chi connectivity index (χ4v) is 4.03. The van der Waals surface area contributed by atoms with Gasteiger partial charge in [0.15, 0.2) is 5.96 Å². The average Bonchev–Trinajstić information content (AvgIpc) is 3.04. The van der Waals surface area contributed by atoms with Gasteiger partial charge in [-0.1, -0.05) is 6.92 Å². The number of guanidine groups is 1. The Labute approximate surface area is 194 Å². The number of piperidine rings is 1. The minimum atomic E-state index is -0.466. The van der Waals surface area contributed by atoms with Crippen LogP contribution < -0.4 is 10.6 Å². The number of hydrogen-bond acceptors (Lipinski definition) is 4. The van der Waals surface area contributed by atoms with Crippen LogP contribution in [0.2, 0.25) is 0 Å². The first-order valence-corrected chi connectivity index (χ1v) is 10.9. The Kier molecular flexibility index (Phi) is 11.6. The Bertz CT molecular complexity index is 524. The summed E-state index contributed by atoms with van der Waals surface area (Å²) in [6, 6.07) is 0.106. The lowest BCUT2D eigenvalue weighted by atomic mass is 10.0. The van der Waals surface area contributed by atoms with Crippen LogP contribution in [0, 0.1) is 5.92 Å². The van der Waals surface area contributed by atoms with Crippen molar-refractivity contribution < 1.29 is 9.53 Å². The molecule has 29 heavy (non-hydrogen) atoms. The standard InChI is InChI=1S/C21H41N5O2.HI/c1-17-9-8-13-25(15-17)12-7-6-11-23-19(22-5)26-14-10-18(16-26)24-20(27)28-21(2,3)4;/h17-18H,6-16H2,1-5H3,(H,22,23)(H,24,27);1H. The van der Waals surface area contributed by atoms with Crippen LogP contribution in [0.15, 0.2) is 4.99 Å². The minimum absolute atomic E-state index is 0. The number of hydrogen-bond donors (Lipinski definition) is 2. The summed E-state index contributed by atoms with van der Waals surface area (Å²) in [5.74, 6) is 1.78. The molecule has 2 aliphatic rings. The largest absolute Gasteiger partial charge is 0.444 e. The van der Waals surface area contributed by atoms with Gasteiger partial charge in [0, 0.05) is 33.2 Å². The summed E-state index contributed by atoms with van der Waals surface area (Å²) >= 11 is 0. The van der Waals surface area contributed by atoms with Crippen molar-refractivity contribution in [1.29, 1.82) is 0 Å². The van der Waals surface area contributed by atoms with Crippen molar-refractivity contribution in [2.45, 2.75) is 71.4 Å². The molecule has 1 amide bonds. The highest BCUT2D eigenvalue weighted by atomic mass is 127. The molecule has 0 saturated carbocycles. The molecule has 2 heterocycles. The van der Waals surface area contributed by atoms with Crippen LogP contribution in [0.5, 0.6) is 0 Å². The second-order valence-corrected chi connectivity index (χ2v) is 9.31. The molecule has 2 rings (SSSR count). The number of carbonyl (C=O) groups excluding carboxylic acids is 1. The number of rotatable bonds is 6. The molecule has 2 N–H and O–H groups in total. The van der Waals surface area contributed by atoms with Gasteiger partial charge in [-0.3, -0.25) is 4.99 Å². The van der Waals surface area contributed by atoms with Gasteiger partial charge in [-0.15, -0.1) is 24.0 Å².